The van der Waals surface area contributed by atoms with Crippen LogP contribution < -0.4 is 0 Å². The van der Waals surface area contributed by atoms with Crippen molar-refractivity contribution in [1.82, 2.24) is 0 Å². The summed E-state index contributed by atoms with van der Waals surface area (Å²) >= 11 is 0. The Morgan fingerprint density at radius 2 is 2.14 bits per heavy atom. The molecule has 2 atom stereocenters. The number of hydrogen-bond donors (Lipinski definition) is 0. The summed E-state index contributed by atoms with van der Waals surface area (Å²) in [5, 5.41) is 0. The highest BCUT2D eigenvalue weighted by Crippen LogP contribution is 2.68. The first-order valence-electron chi connectivity index (χ1n) is 5.95. The van der Waals surface area contributed by atoms with Gasteiger partial charge in [-0.2, -0.15) is 0 Å². The minimum Gasteiger partial charge on any atom is -0.466 e. The van der Waals surface area contributed by atoms with Gasteiger partial charge in [0.1, 0.15) is 0 Å². The highest BCUT2D eigenvalue weighted by atomic mass is 16.5. The van der Waals surface area contributed by atoms with Gasteiger partial charge < -0.3 is 4.74 Å². The largest absolute Gasteiger partial charge is 0.466 e. The molecule has 0 aromatic heterocycles. The van der Waals surface area contributed by atoms with Gasteiger partial charge in [-0.15, -0.1) is 0 Å². The Morgan fingerprint density at radius 3 is 2.79 bits per heavy atom. The van der Waals surface area contributed by atoms with E-state index in [4.69, 9.17) is 4.74 Å². The van der Waals surface area contributed by atoms with Gasteiger partial charge >= 0.3 is 5.97 Å². The van der Waals surface area contributed by atoms with Crippen molar-refractivity contribution >= 4 is 5.97 Å². The van der Waals surface area contributed by atoms with Crippen molar-refractivity contribution in [3.63, 3.8) is 0 Å². The van der Waals surface area contributed by atoms with E-state index < -0.39 is 0 Å². The molecule has 0 aromatic carbocycles. The Balaban J connectivity index is 1.84. The fourth-order valence-electron chi connectivity index (χ4n) is 3.96. The molecule has 0 aromatic rings. The molecule has 4 saturated carbocycles. The van der Waals surface area contributed by atoms with Crippen LogP contribution in [0.5, 0.6) is 0 Å². The molecule has 4 rings (SSSR count). The lowest BCUT2D eigenvalue weighted by Crippen LogP contribution is -2.43. The van der Waals surface area contributed by atoms with Crippen molar-refractivity contribution in [1.29, 1.82) is 0 Å². The third kappa shape index (κ3) is 0.945. The van der Waals surface area contributed by atoms with Crippen LogP contribution in [0.1, 0.15) is 39.0 Å². The van der Waals surface area contributed by atoms with Crippen LogP contribution >= 0.6 is 0 Å². The zero-order valence-electron chi connectivity index (χ0n) is 8.79. The molecular weight excluding hydrogens is 176 g/mol. The average molecular weight is 194 g/mol. The lowest BCUT2D eigenvalue weighted by Gasteiger charge is -2.43. The van der Waals surface area contributed by atoms with E-state index in [9.17, 15) is 4.79 Å². The molecular formula is C12H18O2. The van der Waals surface area contributed by atoms with E-state index in [1.165, 1.54) is 19.3 Å². The van der Waals surface area contributed by atoms with Gasteiger partial charge in [0.15, 0.2) is 0 Å². The Bertz CT molecular complexity index is 263. The van der Waals surface area contributed by atoms with E-state index >= 15 is 0 Å². The highest BCUT2D eigenvalue weighted by molar-refractivity contribution is 5.78. The summed E-state index contributed by atoms with van der Waals surface area (Å²) in [4.78, 5) is 12.0. The molecule has 0 N–H and O–H groups in total. The molecule has 0 heterocycles. The summed E-state index contributed by atoms with van der Waals surface area (Å²) in [7, 11) is 0. The van der Waals surface area contributed by atoms with Crippen molar-refractivity contribution in [2.75, 3.05) is 6.61 Å². The number of fused-ring (bicyclic) bond motifs is 2. The first-order chi connectivity index (χ1) is 6.78. The van der Waals surface area contributed by atoms with Crippen molar-refractivity contribution in [3.8, 4) is 0 Å². The molecule has 2 bridgehead atoms. The van der Waals surface area contributed by atoms with Crippen molar-refractivity contribution in [2.24, 2.45) is 23.2 Å². The predicted octanol–water partition coefficient (Wildman–Crippen LogP) is 2.38. The fraction of sp³-hybridized carbons (Fsp3) is 0.917. The SMILES string of the molecule is CCOC(=O)C12CCC(CC1)[C@H]1C[C@H]12. The number of carbonyl (C=O) groups excluding carboxylic acids is 1. The summed E-state index contributed by atoms with van der Waals surface area (Å²) in [6.45, 7) is 2.45. The highest BCUT2D eigenvalue weighted by Gasteiger charge is 2.65. The number of hydrogen-bond acceptors (Lipinski definition) is 2. The van der Waals surface area contributed by atoms with E-state index in [2.05, 4.69) is 0 Å². The second-order valence-corrected chi connectivity index (χ2v) is 5.22. The van der Waals surface area contributed by atoms with Gasteiger partial charge in [0.25, 0.3) is 0 Å². The normalized spacial score (nSPS) is 48.5. The van der Waals surface area contributed by atoms with E-state index in [0.717, 1.165) is 24.7 Å². The van der Waals surface area contributed by atoms with E-state index in [-0.39, 0.29) is 11.4 Å². The zero-order chi connectivity index (χ0) is 9.76. The maximum absolute atomic E-state index is 12.0. The number of ether oxygens (including phenoxy) is 1. The smallest absolute Gasteiger partial charge is 0.312 e. The van der Waals surface area contributed by atoms with Gasteiger partial charge in [0.05, 0.1) is 12.0 Å². The van der Waals surface area contributed by atoms with Crippen molar-refractivity contribution in [3.05, 3.63) is 0 Å². The Morgan fingerprint density at radius 1 is 1.43 bits per heavy atom. The fourth-order valence-corrected chi connectivity index (χ4v) is 3.96. The maximum Gasteiger partial charge on any atom is 0.312 e. The third-order valence-corrected chi connectivity index (χ3v) is 4.76. The molecule has 78 valence electrons. The summed E-state index contributed by atoms with van der Waals surface area (Å²) in [6.07, 6.45) is 6.08. The standard InChI is InChI=1S/C12H18O2/c1-2-14-11(13)12-5-3-8(4-6-12)9-7-10(9)12/h8-10H,2-7H2,1H3/t8?,9-,10-,12?/m1/s1. The zero-order valence-corrected chi connectivity index (χ0v) is 8.79. The third-order valence-electron chi connectivity index (χ3n) is 4.76. The van der Waals surface area contributed by atoms with Crippen LogP contribution in [0.2, 0.25) is 0 Å². The molecule has 4 aliphatic carbocycles. The molecule has 2 heteroatoms. The lowest BCUT2D eigenvalue weighted by atomic mass is 9.60. The van der Waals surface area contributed by atoms with Gasteiger partial charge in [-0.3, -0.25) is 4.79 Å². The van der Waals surface area contributed by atoms with Crippen LogP contribution in [0.15, 0.2) is 0 Å². The van der Waals surface area contributed by atoms with Gasteiger partial charge in [0.2, 0.25) is 0 Å². The molecule has 4 aliphatic rings. The Hall–Kier alpha value is -0.530. The monoisotopic (exact) mass is 194 g/mol. The van der Waals surface area contributed by atoms with Crippen LogP contribution in [-0.2, 0) is 9.53 Å². The van der Waals surface area contributed by atoms with Crippen LogP contribution in [0.4, 0.5) is 0 Å². The summed E-state index contributed by atoms with van der Waals surface area (Å²) in [5.74, 6) is 2.66. The minimum atomic E-state index is -0.0323. The first kappa shape index (κ1) is 8.75. The topological polar surface area (TPSA) is 26.3 Å². The maximum atomic E-state index is 12.0. The quantitative estimate of drug-likeness (QED) is 0.631. The van der Waals surface area contributed by atoms with Crippen LogP contribution in [0, 0.1) is 23.2 Å². The number of esters is 1. The summed E-state index contributed by atoms with van der Waals surface area (Å²) in [6, 6.07) is 0. The van der Waals surface area contributed by atoms with Gasteiger partial charge in [-0.05, 0) is 56.8 Å². The van der Waals surface area contributed by atoms with Crippen molar-refractivity contribution < 1.29 is 9.53 Å². The molecule has 0 unspecified atom stereocenters. The molecule has 0 spiro atoms. The molecule has 2 nitrogen and oxygen atoms in total. The molecule has 0 aliphatic heterocycles. The van der Waals surface area contributed by atoms with E-state index in [0.29, 0.717) is 12.5 Å². The molecule has 0 amide bonds. The van der Waals surface area contributed by atoms with Crippen LogP contribution in [-0.4, -0.2) is 12.6 Å². The van der Waals surface area contributed by atoms with Gasteiger partial charge in [-0.25, -0.2) is 0 Å². The number of rotatable bonds is 2. The number of carbonyl (C=O) groups is 1. The van der Waals surface area contributed by atoms with Crippen molar-refractivity contribution in [2.45, 2.75) is 39.0 Å². The van der Waals surface area contributed by atoms with Crippen LogP contribution in [0.25, 0.3) is 0 Å². The lowest BCUT2D eigenvalue weighted by molar-refractivity contribution is -0.163. The summed E-state index contributed by atoms with van der Waals surface area (Å²) < 4.78 is 5.26. The van der Waals surface area contributed by atoms with E-state index in [1.807, 2.05) is 6.92 Å². The van der Waals surface area contributed by atoms with Crippen LogP contribution in [0.3, 0.4) is 0 Å². The summed E-state index contributed by atoms with van der Waals surface area (Å²) in [5.41, 5.74) is -0.0323. The molecule has 14 heavy (non-hydrogen) atoms. The van der Waals surface area contributed by atoms with E-state index in [1.54, 1.807) is 0 Å². The molecule has 0 radical (unpaired) electrons. The Labute approximate surface area is 85.0 Å². The second-order valence-electron chi connectivity index (χ2n) is 5.22. The first-order valence-corrected chi connectivity index (χ1v) is 5.95. The second kappa shape index (κ2) is 2.74. The average Bonchev–Trinajstić information content (AvgIpc) is 3.00. The molecule has 0 saturated heterocycles. The predicted molar refractivity (Wildman–Crippen MR) is 52.6 cm³/mol. The van der Waals surface area contributed by atoms with Gasteiger partial charge in [0, 0.05) is 0 Å². The minimum absolute atomic E-state index is 0.0323. The Kier molecular flexibility index (Phi) is 1.71. The molecule has 4 fully saturated rings. The van der Waals surface area contributed by atoms with Gasteiger partial charge in [-0.1, -0.05) is 0 Å².